The van der Waals surface area contributed by atoms with Crippen molar-refractivity contribution in [3.8, 4) is 0 Å². The van der Waals surface area contributed by atoms with Crippen molar-refractivity contribution in [2.45, 2.75) is 33.7 Å². The number of fused-ring (bicyclic) bond motifs is 2. The zero-order valence-electron chi connectivity index (χ0n) is 15.3. The van der Waals surface area contributed by atoms with Crippen LogP contribution in [0.15, 0.2) is 77.7 Å². The maximum Gasteiger partial charge on any atom is 0.193 e. The maximum atomic E-state index is 13.6. The molecule has 5 rings (SSSR count). The fraction of sp³-hybridized carbons (Fsp3) is 0.304. The lowest BCUT2D eigenvalue weighted by atomic mass is 9.89. The molecule has 0 N–H and O–H groups in total. The van der Waals surface area contributed by atoms with E-state index in [9.17, 15) is 8.42 Å². The van der Waals surface area contributed by atoms with Gasteiger partial charge in [-0.25, -0.2) is 8.42 Å². The van der Waals surface area contributed by atoms with Crippen LogP contribution < -0.4 is 0 Å². The lowest BCUT2D eigenvalue weighted by molar-refractivity contribution is 0.550. The molecule has 0 spiro atoms. The van der Waals surface area contributed by atoms with Crippen LogP contribution in [0.4, 0.5) is 0 Å². The summed E-state index contributed by atoms with van der Waals surface area (Å²) in [6.45, 7) is 0. The Morgan fingerprint density at radius 2 is 1.59 bits per heavy atom. The number of sulfone groups is 1. The molecule has 0 radical (unpaired) electrons. The van der Waals surface area contributed by atoms with E-state index in [1.807, 2.05) is 24.5 Å². The van der Waals surface area contributed by atoms with Crippen LogP contribution in [0.5, 0.6) is 0 Å². The van der Waals surface area contributed by atoms with E-state index >= 15 is 0 Å². The van der Waals surface area contributed by atoms with E-state index in [1.54, 1.807) is 12.1 Å². The first-order valence-electron chi connectivity index (χ1n) is 9.36. The van der Waals surface area contributed by atoms with Gasteiger partial charge in [-0.2, -0.15) is 0 Å². The molecule has 0 heterocycles. The molecule has 27 heavy (non-hydrogen) atoms. The lowest BCUT2D eigenvalue weighted by Gasteiger charge is -2.30. The smallest absolute Gasteiger partial charge is 0.193 e. The Kier molecular flexibility index (Phi) is 3.76. The van der Waals surface area contributed by atoms with Crippen molar-refractivity contribution in [2.75, 3.05) is 6.26 Å². The van der Waals surface area contributed by atoms with Crippen molar-refractivity contribution >= 4 is 32.4 Å². The van der Waals surface area contributed by atoms with Crippen molar-refractivity contribution < 1.29 is 8.42 Å². The molecular formula is C23H22O2S2. The molecule has 0 bridgehead atoms. The molecule has 3 aromatic carbocycles. The maximum absolute atomic E-state index is 13.6. The first-order chi connectivity index (χ1) is 13.0. The minimum atomic E-state index is -3.39. The monoisotopic (exact) mass is 394 g/mol. The fourth-order valence-corrected chi connectivity index (χ4v) is 8.91. The predicted octanol–water partition coefficient (Wildman–Crippen LogP) is 5.42. The van der Waals surface area contributed by atoms with Gasteiger partial charge in [-0.15, -0.1) is 11.8 Å². The van der Waals surface area contributed by atoms with Crippen LogP contribution in [0, 0.1) is 5.92 Å². The van der Waals surface area contributed by atoms with E-state index in [0.29, 0.717) is 17.2 Å². The standard InChI is InChI=1S/C23H22O2S2/c1-26-23(27(24,25)19-10-3-2-4-11-19)15-18-14-22(18,16-23)21-13-7-9-17-8-5-6-12-20(17)21/h2-13,18H,14-16H2,1H3/t18?,22-,23?/m1/s1. The highest BCUT2D eigenvalue weighted by molar-refractivity contribution is 8.14. The van der Waals surface area contributed by atoms with E-state index in [2.05, 4.69) is 42.5 Å². The molecule has 3 atom stereocenters. The van der Waals surface area contributed by atoms with Crippen molar-refractivity contribution in [3.63, 3.8) is 0 Å². The van der Waals surface area contributed by atoms with Crippen molar-refractivity contribution in [2.24, 2.45) is 5.92 Å². The minimum absolute atomic E-state index is 0.00568. The highest BCUT2D eigenvalue weighted by Crippen LogP contribution is 2.72. The van der Waals surface area contributed by atoms with Crippen LogP contribution in [0.25, 0.3) is 10.8 Å². The quantitative estimate of drug-likeness (QED) is 0.592. The molecule has 0 aromatic heterocycles. The summed E-state index contributed by atoms with van der Waals surface area (Å²) in [5.41, 5.74) is 1.34. The molecule has 0 saturated heterocycles. The van der Waals surface area contributed by atoms with E-state index in [-0.39, 0.29) is 5.41 Å². The van der Waals surface area contributed by atoms with E-state index in [1.165, 1.54) is 28.1 Å². The van der Waals surface area contributed by atoms with Crippen molar-refractivity contribution in [1.82, 2.24) is 0 Å². The number of benzene rings is 3. The molecule has 2 unspecified atom stereocenters. The number of hydrogen-bond donors (Lipinski definition) is 0. The van der Waals surface area contributed by atoms with Gasteiger partial charge < -0.3 is 0 Å². The molecule has 2 fully saturated rings. The van der Waals surface area contributed by atoms with E-state index < -0.39 is 13.9 Å². The molecular weight excluding hydrogens is 372 g/mol. The highest BCUT2D eigenvalue weighted by Gasteiger charge is 2.69. The molecule has 0 aliphatic heterocycles. The van der Waals surface area contributed by atoms with Crippen molar-refractivity contribution in [3.05, 3.63) is 78.4 Å². The van der Waals surface area contributed by atoms with Gasteiger partial charge in [0.25, 0.3) is 0 Å². The average Bonchev–Trinajstić information content (AvgIpc) is 3.29. The van der Waals surface area contributed by atoms with Gasteiger partial charge in [-0.1, -0.05) is 60.7 Å². The third-order valence-corrected chi connectivity index (χ3v) is 11.0. The largest absolute Gasteiger partial charge is 0.222 e. The summed E-state index contributed by atoms with van der Waals surface area (Å²) in [5.74, 6) is 0.453. The van der Waals surface area contributed by atoms with Crippen LogP contribution >= 0.6 is 11.8 Å². The Labute approximate surface area is 164 Å². The predicted molar refractivity (Wildman–Crippen MR) is 113 cm³/mol. The van der Waals surface area contributed by atoms with Gasteiger partial charge in [0, 0.05) is 5.41 Å². The topological polar surface area (TPSA) is 34.1 Å². The average molecular weight is 395 g/mol. The summed E-state index contributed by atoms with van der Waals surface area (Å²) in [6, 6.07) is 23.9. The Morgan fingerprint density at radius 1 is 0.889 bits per heavy atom. The first kappa shape index (κ1) is 17.3. The molecule has 2 saturated carbocycles. The summed E-state index contributed by atoms with van der Waals surface area (Å²) >= 11 is 1.53. The molecule has 2 nitrogen and oxygen atoms in total. The summed E-state index contributed by atoms with van der Waals surface area (Å²) in [6.07, 6.45) is 4.52. The van der Waals surface area contributed by atoms with Crippen LogP contribution in [-0.2, 0) is 15.3 Å². The normalized spacial score (nSPS) is 29.6. The summed E-state index contributed by atoms with van der Waals surface area (Å²) in [4.78, 5) is 0.453. The minimum Gasteiger partial charge on any atom is -0.222 e. The third-order valence-electron chi connectivity index (χ3n) is 6.62. The number of thioether (sulfide) groups is 1. The van der Waals surface area contributed by atoms with E-state index in [4.69, 9.17) is 0 Å². The first-order valence-corrected chi connectivity index (χ1v) is 12.1. The SMILES string of the molecule is CSC1(S(=O)(=O)c2ccccc2)CC2C[C@@]2(c2cccc3ccccc23)C1. The van der Waals surface area contributed by atoms with E-state index in [0.717, 1.165) is 12.8 Å². The molecule has 138 valence electrons. The molecule has 2 aliphatic carbocycles. The fourth-order valence-electron chi connectivity index (χ4n) is 5.16. The summed E-state index contributed by atoms with van der Waals surface area (Å²) in [5, 5.41) is 2.51. The Balaban J connectivity index is 1.61. The highest BCUT2D eigenvalue weighted by atomic mass is 32.3. The molecule has 2 aliphatic rings. The van der Waals surface area contributed by atoms with Crippen LogP contribution in [0.1, 0.15) is 24.8 Å². The Hall–Kier alpha value is -1.78. The van der Waals surface area contributed by atoms with Crippen LogP contribution in [0.3, 0.4) is 0 Å². The molecule has 0 amide bonds. The Morgan fingerprint density at radius 3 is 2.37 bits per heavy atom. The van der Waals surface area contributed by atoms with Gasteiger partial charge in [0.2, 0.25) is 0 Å². The zero-order valence-corrected chi connectivity index (χ0v) is 16.9. The molecule has 4 heteroatoms. The second-order valence-corrected chi connectivity index (χ2v) is 11.6. The number of rotatable bonds is 4. The van der Waals surface area contributed by atoms with Crippen molar-refractivity contribution in [1.29, 1.82) is 0 Å². The van der Waals surface area contributed by atoms with Gasteiger partial charge in [-0.05, 0) is 59.9 Å². The van der Waals surface area contributed by atoms with Gasteiger partial charge >= 0.3 is 0 Å². The summed E-state index contributed by atoms with van der Waals surface area (Å²) < 4.78 is 26.4. The Bertz CT molecular complexity index is 1120. The third kappa shape index (κ3) is 2.36. The zero-order chi connectivity index (χ0) is 18.7. The molecule has 3 aromatic rings. The van der Waals surface area contributed by atoms with Gasteiger partial charge in [0.1, 0.15) is 4.08 Å². The van der Waals surface area contributed by atoms with Crippen LogP contribution in [0.2, 0.25) is 0 Å². The summed E-state index contributed by atoms with van der Waals surface area (Å²) in [7, 11) is -3.39. The van der Waals surface area contributed by atoms with Gasteiger partial charge in [0.15, 0.2) is 9.84 Å². The van der Waals surface area contributed by atoms with Gasteiger partial charge in [-0.3, -0.25) is 0 Å². The lowest BCUT2D eigenvalue weighted by Crippen LogP contribution is -2.35. The number of hydrogen-bond acceptors (Lipinski definition) is 3. The van der Waals surface area contributed by atoms with Crippen LogP contribution in [-0.4, -0.2) is 18.8 Å². The second kappa shape index (κ2) is 5.86. The van der Waals surface area contributed by atoms with Gasteiger partial charge in [0.05, 0.1) is 4.90 Å². The second-order valence-electron chi connectivity index (χ2n) is 7.90.